The van der Waals surface area contributed by atoms with Crippen LogP contribution in [0, 0.1) is 0 Å². The van der Waals surface area contributed by atoms with E-state index >= 15 is 0 Å². The Labute approximate surface area is 151 Å². The number of amides is 2. The van der Waals surface area contributed by atoms with E-state index in [1.54, 1.807) is 24.1 Å². The fourth-order valence-electron chi connectivity index (χ4n) is 2.64. The molecule has 9 heteroatoms. The lowest BCUT2D eigenvalue weighted by Gasteiger charge is -2.34. The molecule has 9 nitrogen and oxygen atoms in total. The summed E-state index contributed by atoms with van der Waals surface area (Å²) in [4.78, 5) is 36.5. The van der Waals surface area contributed by atoms with Gasteiger partial charge in [-0.25, -0.2) is 9.97 Å². The second-order valence-corrected chi connectivity index (χ2v) is 5.78. The fourth-order valence-corrected chi connectivity index (χ4v) is 2.64. The molecule has 0 aliphatic carbocycles. The van der Waals surface area contributed by atoms with E-state index in [0.717, 1.165) is 0 Å². The highest BCUT2D eigenvalue weighted by molar-refractivity contribution is 5.93. The summed E-state index contributed by atoms with van der Waals surface area (Å²) in [5.74, 6) is 0.545. The molecule has 0 saturated carbocycles. The van der Waals surface area contributed by atoms with Crippen LogP contribution in [-0.2, 0) is 4.74 Å². The van der Waals surface area contributed by atoms with Crippen LogP contribution in [0.3, 0.4) is 0 Å². The summed E-state index contributed by atoms with van der Waals surface area (Å²) in [6.45, 7) is 3.23. The van der Waals surface area contributed by atoms with E-state index in [4.69, 9.17) is 9.15 Å². The van der Waals surface area contributed by atoms with Crippen LogP contribution in [0.5, 0.6) is 0 Å². The van der Waals surface area contributed by atoms with Crippen molar-refractivity contribution in [3.05, 3.63) is 42.1 Å². The molecule has 1 aliphatic heterocycles. The van der Waals surface area contributed by atoms with Crippen LogP contribution in [0.15, 0.2) is 35.2 Å². The SMILES string of the molecule is COCCNC(=O)c1cnc(N2CCN(C(=O)c3ccco3)CC2)nc1. The highest BCUT2D eigenvalue weighted by Gasteiger charge is 2.24. The van der Waals surface area contributed by atoms with Crippen LogP contribution in [-0.4, -0.2) is 73.1 Å². The van der Waals surface area contributed by atoms with E-state index in [9.17, 15) is 9.59 Å². The molecule has 138 valence electrons. The van der Waals surface area contributed by atoms with Gasteiger partial charge in [0.15, 0.2) is 5.76 Å². The number of nitrogens with one attached hydrogen (secondary N) is 1. The number of furan rings is 1. The predicted octanol–water partition coefficient (Wildman–Crippen LogP) is 0.408. The maximum Gasteiger partial charge on any atom is 0.289 e. The van der Waals surface area contributed by atoms with Crippen molar-refractivity contribution in [2.75, 3.05) is 51.3 Å². The van der Waals surface area contributed by atoms with E-state index in [-0.39, 0.29) is 11.8 Å². The highest BCUT2D eigenvalue weighted by Crippen LogP contribution is 2.13. The lowest BCUT2D eigenvalue weighted by Crippen LogP contribution is -2.49. The van der Waals surface area contributed by atoms with Crippen molar-refractivity contribution < 1.29 is 18.7 Å². The van der Waals surface area contributed by atoms with Gasteiger partial charge >= 0.3 is 0 Å². The first-order valence-corrected chi connectivity index (χ1v) is 8.36. The summed E-state index contributed by atoms with van der Waals surface area (Å²) in [7, 11) is 1.58. The van der Waals surface area contributed by atoms with E-state index in [1.165, 1.54) is 18.7 Å². The van der Waals surface area contributed by atoms with E-state index in [2.05, 4.69) is 15.3 Å². The number of anilines is 1. The number of methoxy groups -OCH3 is 1. The zero-order chi connectivity index (χ0) is 18.4. The molecule has 0 bridgehead atoms. The molecular weight excluding hydrogens is 338 g/mol. The van der Waals surface area contributed by atoms with Crippen LogP contribution in [0.4, 0.5) is 5.95 Å². The summed E-state index contributed by atoms with van der Waals surface area (Å²) >= 11 is 0. The summed E-state index contributed by atoms with van der Waals surface area (Å²) in [5, 5.41) is 2.72. The maximum absolute atomic E-state index is 12.3. The van der Waals surface area contributed by atoms with Gasteiger partial charge in [-0.2, -0.15) is 0 Å². The zero-order valence-electron chi connectivity index (χ0n) is 14.6. The monoisotopic (exact) mass is 359 g/mol. The first-order valence-electron chi connectivity index (χ1n) is 8.36. The Hall–Kier alpha value is -2.94. The standard InChI is InChI=1S/C17H21N5O4/c1-25-10-4-18-15(23)13-11-19-17(20-12-13)22-7-5-21(6-8-22)16(24)14-3-2-9-26-14/h2-3,9,11-12H,4-8,10H2,1H3,(H,18,23). The number of aromatic nitrogens is 2. The lowest BCUT2D eigenvalue weighted by molar-refractivity contribution is 0.0714. The van der Waals surface area contributed by atoms with Gasteiger partial charge in [0.2, 0.25) is 5.95 Å². The largest absolute Gasteiger partial charge is 0.459 e. The van der Waals surface area contributed by atoms with Gasteiger partial charge < -0.3 is 24.3 Å². The van der Waals surface area contributed by atoms with E-state index in [0.29, 0.717) is 56.6 Å². The second kappa shape index (κ2) is 8.43. The minimum Gasteiger partial charge on any atom is -0.459 e. The number of ether oxygens (including phenoxy) is 1. The molecule has 1 aliphatic rings. The third-order valence-electron chi connectivity index (χ3n) is 4.07. The molecule has 3 rings (SSSR count). The van der Waals surface area contributed by atoms with Crippen molar-refractivity contribution in [2.45, 2.75) is 0 Å². The molecule has 2 amide bonds. The fraction of sp³-hybridized carbons (Fsp3) is 0.412. The van der Waals surface area contributed by atoms with Gasteiger partial charge in [-0.15, -0.1) is 0 Å². The quantitative estimate of drug-likeness (QED) is 0.746. The van der Waals surface area contributed by atoms with E-state index < -0.39 is 0 Å². The van der Waals surface area contributed by atoms with Crippen molar-refractivity contribution in [3.63, 3.8) is 0 Å². The van der Waals surface area contributed by atoms with E-state index in [1.807, 2.05) is 4.90 Å². The molecular formula is C17H21N5O4. The summed E-state index contributed by atoms with van der Waals surface area (Å²) < 4.78 is 10.0. The van der Waals surface area contributed by atoms with Crippen LogP contribution in [0.25, 0.3) is 0 Å². The van der Waals surface area contributed by atoms with Gasteiger partial charge in [0.1, 0.15) is 0 Å². The van der Waals surface area contributed by atoms with Gasteiger partial charge in [-0.05, 0) is 12.1 Å². The average molecular weight is 359 g/mol. The first kappa shape index (κ1) is 17.9. The molecule has 0 unspecified atom stereocenters. The Morgan fingerprint density at radius 3 is 2.58 bits per heavy atom. The van der Waals surface area contributed by atoms with Gasteiger partial charge in [-0.1, -0.05) is 0 Å². The molecule has 0 spiro atoms. The maximum atomic E-state index is 12.3. The van der Waals surface area contributed by atoms with Crippen LogP contribution >= 0.6 is 0 Å². The third-order valence-corrected chi connectivity index (χ3v) is 4.07. The molecule has 2 aromatic heterocycles. The lowest BCUT2D eigenvalue weighted by atomic mass is 10.3. The van der Waals surface area contributed by atoms with Gasteiger partial charge in [0.05, 0.1) is 18.4 Å². The summed E-state index contributed by atoms with van der Waals surface area (Å²) in [6, 6.07) is 3.36. The molecule has 0 atom stereocenters. The topological polar surface area (TPSA) is 101 Å². The Morgan fingerprint density at radius 2 is 1.96 bits per heavy atom. The van der Waals surface area contributed by atoms with Crippen LogP contribution < -0.4 is 10.2 Å². The molecule has 1 saturated heterocycles. The van der Waals surface area contributed by atoms with Crippen molar-refractivity contribution in [3.8, 4) is 0 Å². The zero-order valence-corrected chi connectivity index (χ0v) is 14.6. The Bertz CT molecular complexity index is 724. The minimum absolute atomic E-state index is 0.112. The number of piperazine rings is 1. The molecule has 0 aromatic carbocycles. The average Bonchev–Trinajstić information content (AvgIpc) is 3.23. The Kier molecular flexibility index (Phi) is 5.80. The number of carbonyl (C=O) groups excluding carboxylic acids is 2. The number of carbonyl (C=O) groups is 2. The Balaban J connectivity index is 1.53. The molecule has 26 heavy (non-hydrogen) atoms. The summed E-state index contributed by atoms with van der Waals surface area (Å²) in [6.07, 6.45) is 4.50. The van der Waals surface area contributed by atoms with Crippen molar-refractivity contribution >= 4 is 17.8 Å². The van der Waals surface area contributed by atoms with Crippen molar-refractivity contribution in [2.24, 2.45) is 0 Å². The number of rotatable bonds is 6. The number of nitrogens with zero attached hydrogens (tertiary/aromatic N) is 4. The summed E-state index contributed by atoms with van der Waals surface area (Å²) in [5.41, 5.74) is 0.400. The second-order valence-electron chi connectivity index (χ2n) is 5.78. The van der Waals surface area contributed by atoms with Crippen LogP contribution in [0.1, 0.15) is 20.9 Å². The minimum atomic E-state index is -0.234. The molecule has 3 heterocycles. The van der Waals surface area contributed by atoms with Crippen molar-refractivity contribution in [1.29, 1.82) is 0 Å². The third kappa shape index (κ3) is 4.17. The molecule has 0 radical (unpaired) electrons. The van der Waals surface area contributed by atoms with Gasteiger partial charge in [0.25, 0.3) is 11.8 Å². The first-order chi connectivity index (χ1) is 12.7. The van der Waals surface area contributed by atoms with Crippen molar-refractivity contribution in [1.82, 2.24) is 20.2 Å². The van der Waals surface area contributed by atoms with Gasteiger partial charge in [0, 0.05) is 52.2 Å². The highest BCUT2D eigenvalue weighted by atomic mass is 16.5. The van der Waals surface area contributed by atoms with Gasteiger partial charge in [-0.3, -0.25) is 9.59 Å². The predicted molar refractivity (Wildman–Crippen MR) is 93.1 cm³/mol. The molecule has 1 fully saturated rings. The number of hydrogen-bond acceptors (Lipinski definition) is 7. The number of hydrogen-bond donors (Lipinski definition) is 1. The Morgan fingerprint density at radius 1 is 1.23 bits per heavy atom. The smallest absolute Gasteiger partial charge is 0.289 e. The van der Waals surface area contributed by atoms with Crippen LogP contribution in [0.2, 0.25) is 0 Å². The molecule has 1 N–H and O–H groups in total. The molecule has 2 aromatic rings. The normalized spacial score (nSPS) is 14.3.